The van der Waals surface area contributed by atoms with E-state index in [1.165, 1.54) is 9.47 Å². The number of rotatable bonds is 7. The number of aromatic nitrogens is 2. The molecule has 0 bridgehead atoms. The van der Waals surface area contributed by atoms with Crippen molar-refractivity contribution in [2.45, 2.75) is 59.1 Å². The van der Waals surface area contributed by atoms with Crippen molar-refractivity contribution in [2.24, 2.45) is 5.92 Å². The molecule has 0 radical (unpaired) electrons. The first-order valence-electron chi connectivity index (χ1n) is 8.92. The number of aromatic amines is 1. The summed E-state index contributed by atoms with van der Waals surface area (Å²) in [6, 6.07) is 0. The molecule has 8 heteroatoms. The Bertz CT molecular complexity index is 716. The van der Waals surface area contributed by atoms with Crippen LogP contribution in [-0.2, 0) is 16.1 Å². The first-order chi connectivity index (χ1) is 11.9. The van der Waals surface area contributed by atoms with Crippen LogP contribution in [0.3, 0.4) is 0 Å². The van der Waals surface area contributed by atoms with Crippen LogP contribution in [-0.4, -0.2) is 34.7 Å². The molecule has 140 valence electrons. The topological polar surface area (TPSA) is 110 Å². The summed E-state index contributed by atoms with van der Waals surface area (Å²) >= 11 is 0. The highest BCUT2D eigenvalue weighted by Gasteiger charge is 2.32. The Labute approximate surface area is 147 Å². The van der Waals surface area contributed by atoms with Gasteiger partial charge in [-0.2, -0.15) is 0 Å². The van der Waals surface area contributed by atoms with Gasteiger partial charge in [0, 0.05) is 19.7 Å². The van der Waals surface area contributed by atoms with E-state index in [4.69, 9.17) is 10.5 Å². The number of carbonyl (C=O) groups excluding carboxylic acids is 1. The van der Waals surface area contributed by atoms with E-state index in [1.807, 2.05) is 20.8 Å². The van der Waals surface area contributed by atoms with Gasteiger partial charge in [-0.3, -0.25) is 19.1 Å². The minimum absolute atomic E-state index is 0.0323. The fourth-order valence-electron chi connectivity index (χ4n) is 2.98. The van der Waals surface area contributed by atoms with E-state index in [0.717, 1.165) is 19.3 Å². The number of hydrogen-bond acceptors (Lipinski definition) is 5. The molecule has 0 saturated carbocycles. The summed E-state index contributed by atoms with van der Waals surface area (Å²) in [4.78, 5) is 41.1. The molecule has 0 spiro atoms. The molecule has 1 aliphatic heterocycles. The monoisotopic (exact) mass is 352 g/mol. The normalized spacial score (nSPS) is 17.2. The van der Waals surface area contributed by atoms with E-state index in [1.54, 1.807) is 0 Å². The molecule has 2 rings (SSSR count). The molecule has 8 nitrogen and oxygen atoms in total. The Balaban J connectivity index is 2.50. The highest BCUT2D eigenvalue weighted by Crippen LogP contribution is 2.23. The molecular weight excluding hydrogens is 324 g/mol. The van der Waals surface area contributed by atoms with E-state index in [-0.39, 0.29) is 23.3 Å². The van der Waals surface area contributed by atoms with Crippen molar-refractivity contribution in [1.29, 1.82) is 0 Å². The fraction of sp³-hybridized carbons (Fsp3) is 0.706. The van der Waals surface area contributed by atoms with Gasteiger partial charge < -0.3 is 15.4 Å². The molecule has 1 aromatic rings. The highest BCUT2D eigenvalue weighted by atomic mass is 16.5. The molecule has 0 aromatic carbocycles. The first kappa shape index (κ1) is 19.2. The molecule has 1 atom stereocenters. The minimum atomic E-state index is -0.634. The van der Waals surface area contributed by atoms with Crippen molar-refractivity contribution in [3.8, 4) is 0 Å². The van der Waals surface area contributed by atoms with Gasteiger partial charge in [-0.25, -0.2) is 4.79 Å². The van der Waals surface area contributed by atoms with Gasteiger partial charge in [-0.1, -0.05) is 27.2 Å². The highest BCUT2D eigenvalue weighted by molar-refractivity contribution is 5.98. The van der Waals surface area contributed by atoms with Crippen LogP contribution < -0.4 is 21.9 Å². The zero-order valence-corrected chi connectivity index (χ0v) is 15.2. The lowest BCUT2D eigenvalue weighted by atomic mass is 10.2. The van der Waals surface area contributed by atoms with Crippen LogP contribution in [0.25, 0.3) is 0 Å². The Morgan fingerprint density at radius 3 is 2.72 bits per heavy atom. The number of amides is 1. The Kier molecular flexibility index (Phi) is 6.41. The van der Waals surface area contributed by atoms with Crippen LogP contribution in [0.5, 0.6) is 0 Å². The van der Waals surface area contributed by atoms with Crippen LogP contribution in [0.4, 0.5) is 11.5 Å². The van der Waals surface area contributed by atoms with Crippen molar-refractivity contribution in [1.82, 2.24) is 9.55 Å². The molecule has 25 heavy (non-hydrogen) atoms. The molecule has 1 amide bonds. The largest absolute Gasteiger partial charge is 0.383 e. The number of hydrogen-bond donors (Lipinski definition) is 2. The minimum Gasteiger partial charge on any atom is -0.383 e. The lowest BCUT2D eigenvalue weighted by Gasteiger charge is -2.26. The maximum Gasteiger partial charge on any atom is 0.330 e. The summed E-state index contributed by atoms with van der Waals surface area (Å²) in [5.41, 5.74) is 5.01. The average molecular weight is 352 g/mol. The summed E-state index contributed by atoms with van der Waals surface area (Å²) in [7, 11) is 0. The van der Waals surface area contributed by atoms with Crippen LogP contribution in [0, 0.1) is 5.92 Å². The number of anilines is 2. The second-order valence-corrected chi connectivity index (χ2v) is 6.84. The lowest BCUT2D eigenvalue weighted by Crippen LogP contribution is -2.45. The third-order valence-electron chi connectivity index (χ3n) is 4.24. The second kappa shape index (κ2) is 8.33. The predicted octanol–water partition coefficient (Wildman–Crippen LogP) is 1.09. The lowest BCUT2D eigenvalue weighted by molar-refractivity contribution is -0.127. The number of H-pyrrole nitrogens is 1. The molecule has 1 aromatic heterocycles. The Morgan fingerprint density at radius 2 is 2.16 bits per heavy atom. The van der Waals surface area contributed by atoms with Gasteiger partial charge in [0.2, 0.25) is 0 Å². The maximum atomic E-state index is 12.9. The van der Waals surface area contributed by atoms with E-state index < -0.39 is 17.4 Å². The Morgan fingerprint density at radius 1 is 1.44 bits per heavy atom. The number of nitrogens with one attached hydrogen (secondary N) is 1. The molecule has 0 unspecified atom stereocenters. The van der Waals surface area contributed by atoms with Crippen LogP contribution in [0.2, 0.25) is 0 Å². The zero-order chi connectivity index (χ0) is 18.6. The number of nitrogens with two attached hydrogens (primary N) is 1. The van der Waals surface area contributed by atoms with Crippen LogP contribution >= 0.6 is 0 Å². The number of unbranched alkanes of at least 4 members (excludes halogenated alkanes) is 1. The molecule has 1 saturated heterocycles. The SMILES string of the molecule is CCCCN(C(=O)[C@H]1CCCO1)c1c(N)n(CC(C)C)c(=O)[nH]c1=O. The van der Waals surface area contributed by atoms with Crippen molar-refractivity contribution >= 4 is 17.4 Å². The average Bonchev–Trinajstić information content (AvgIpc) is 3.08. The number of ether oxygens (including phenoxy) is 1. The van der Waals surface area contributed by atoms with Crippen LogP contribution in [0.15, 0.2) is 9.59 Å². The fourth-order valence-corrected chi connectivity index (χ4v) is 2.98. The Hall–Kier alpha value is -2.09. The van der Waals surface area contributed by atoms with Crippen molar-refractivity contribution in [2.75, 3.05) is 23.8 Å². The van der Waals surface area contributed by atoms with E-state index >= 15 is 0 Å². The summed E-state index contributed by atoms with van der Waals surface area (Å²) in [6.07, 6.45) is 2.47. The van der Waals surface area contributed by atoms with Gasteiger partial charge in [0.15, 0.2) is 5.69 Å². The van der Waals surface area contributed by atoms with E-state index in [0.29, 0.717) is 26.1 Å². The van der Waals surface area contributed by atoms with Gasteiger partial charge in [-0.15, -0.1) is 0 Å². The van der Waals surface area contributed by atoms with Gasteiger partial charge in [-0.05, 0) is 25.2 Å². The number of nitrogen functional groups attached to an aromatic ring is 1. The smallest absolute Gasteiger partial charge is 0.330 e. The zero-order valence-electron chi connectivity index (χ0n) is 15.2. The van der Waals surface area contributed by atoms with Gasteiger partial charge in [0.05, 0.1) is 0 Å². The van der Waals surface area contributed by atoms with Crippen molar-refractivity contribution in [3.05, 3.63) is 20.8 Å². The van der Waals surface area contributed by atoms with E-state index in [9.17, 15) is 14.4 Å². The van der Waals surface area contributed by atoms with E-state index in [2.05, 4.69) is 4.98 Å². The molecular formula is C17H28N4O4. The summed E-state index contributed by atoms with van der Waals surface area (Å²) in [5, 5.41) is 0. The first-order valence-corrected chi connectivity index (χ1v) is 8.92. The predicted molar refractivity (Wildman–Crippen MR) is 96.8 cm³/mol. The molecule has 1 fully saturated rings. The van der Waals surface area contributed by atoms with Crippen molar-refractivity contribution in [3.63, 3.8) is 0 Å². The van der Waals surface area contributed by atoms with Gasteiger partial charge in [0.25, 0.3) is 11.5 Å². The molecule has 0 aliphatic carbocycles. The standard InChI is InChI=1S/C17H28N4O4/c1-4-5-8-20(16(23)12-7-6-9-25-12)13-14(18)21(10-11(2)3)17(24)19-15(13)22/h11-12H,4-10,18H2,1-3H3,(H,19,22,24)/t12-/m1/s1. The maximum absolute atomic E-state index is 12.9. The van der Waals surface area contributed by atoms with Gasteiger partial charge in [0.1, 0.15) is 11.9 Å². The number of carbonyl (C=O) groups is 1. The van der Waals surface area contributed by atoms with Gasteiger partial charge >= 0.3 is 5.69 Å². The van der Waals surface area contributed by atoms with Crippen LogP contribution in [0.1, 0.15) is 46.5 Å². The van der Waals surface area contributed by atoms with Crippen molar-refractivity contribution < 1.29 is 9.53 Å². The number of nitrogens with zero attached hydrogens (tertiary/aromatic N) is 2. The molecule has 1 aliphatic rings. The molecule has 3 N–H and O–H groups in total. The quantitative estimate of drug-likeness (QED) is 0.763. The second-order valence-electron chi connectivity index (χ2n) is 6.84. The third kappa shape index (κ3) is 4.31. The summed E-state index contributed by atoms with van der Waals surface area (Å²) < 4.78 is 6.81. The summed E-state index contributed by atoms with van der Waals surface area (Å²) in [6.45, 7) is 7.16. The summed E-state index contributed by atoms with van der Waals surface area (Å²) in [5.74, 6) is -0.0699. The molecule has 2 heterocycles. The third-order valence-corrected chi connectivity index (χ3v) is 4.24.